The van der Waals surface area contributed by atoms with Crippen molar-refractivity contribution in [3.05, 3.63) is 103 Å². The minimum Gasteiger partial charge on any atom is -0.507 e. The molecule has 1 aromatic heterocycles. The number of carbonyl (C=O) groups is 1. The molecule has 0 aliphatic rings. The van der Waals surface area contributed by atoms with Gasteiger partial charge in [-0.2, -0.15) is 0 Å². The molecule has 0 radical (unpaired) electrons. The fourth-order valence-electron chi connectivity index (χ4n) is 3.48. The third kappa shape index (κ3) is 4.86. The normalized spacial score (nSPS) is 11.3. The van der Waals surface area contributed by atoms with Gasteiger partial charge in [0.05, 0.1) is 20.7 Å². The van der Waals surface area contributed by atoms with Crippen molar-refractivity contribution in [1.82, 2.24) is 4.98 Å². The highest BCUT2D eigenvalue weighted by molar-refractivity contribution is 7.92. The first-order chi connectivity index (χ1) is 16.9. The zero-order valence-electron chi connectivity index (χ0n) is 18.2. The lowest BCUT2D eigenvalue weighted by Crippen LogP contribution is -2.14. The number of phenols is 1. The maximum atomic E-state index is 12.8. The molecule has 0 fully saturated rings. The Kier molecular flexibility index (Phi) is 5.94. The van der Waals surface area contributed by atoms with Crippen LogP contribution in [0.3, 0.4) is 0 Å². The highest BCUT2D eigenvalue weighted by atomic mass is 32.2. The molecule has 1 heterocycles. The Bertz CT molecular complexity index is 1600. The van der Waals surface area contributed by atoms with Crippen molar-refractivity contribution in [2.45, 2.75) is 4.90 Å². The van der Waals surface area contributed by atoms with Gasteiger partial charge >= 0.3 is 0 Å². The van der Waals surface area contributed by atoms with Crippen LogP contribution in [0.2, 0.25) is 0 Å². The number of thiazole rings is 1. The van der Waals surface area contributed by atoms with Gasteiger partial charge in [-0.15, -0.1) is 11.3 Å². The quantitative estimate of drug-likeness (QED) is 0.258. The first-order valence-electron chi connectivity index (χ1n) is 10.6. The predicted molar refractivity (Wildman–Crippen MR) is 138 cm³/mol. The molecular weight excluding hydrogens is 482 g/mol. The number of anilines is 2. The van der Waals surface area contributed by atoms with Crippen molar-refractivity contribution in [2.75, 3.05) is 10.0 Å². The highest BCUT2D eigenvalue weighted by Crippen LogP contribution is 2.36. The average molecular weight is 502 g/mol. The maximum absolute atomic E-state index is 12.8. The van der Waals surface area contributed by atoms with Gasteiger partial charge in [0.2, 0.25) is 0 Å². The van der Waals surface area contributed by atoms with Gasteiger partial charge in [0, 0.05) is 16.9 Å². The third-order valence-electron chi connectivity index (χ3n) is 5.23. The smallest absolute Gasteiger partial charge is 0.261 e. The number of hydrogen-bond acceptors (Lipinski definition) is 6. The Balaban J connectivity index is 1.32. The lowest BCUT2D eigenvalue weighted by molar-refractivity contribution is 0.102. The van der Waals surface area contributed by atoms with Crippen LogP contribution in [0, 0.1) is 0 Å². The van der Waals surface area contributed by atoms with Crippen LogP contribution in [0.1, 0.15) is 10.4 Å². The van der Waals surface area contributed by atoms with Crippen molar-refractivity contribution in [3.63, 3.8) is 0 Å². The fourth-order valence-corrected chi connectivity index (χ4v) is 5.55. The van der Waals surface area contributed by atoms with Crippen molar-refractivity contribution >= 4 is 48.9 Å². The van der Waals surface area contributed by atoms with Gasteiger partial charge in [0.1, 0.15) is 10.8 Å². The number of amides is 1. The molecule has 3 N–H and O–H groups in total. The van der Waals surface area contributed by atoms with Gasteiger partial charge in [-0.05, 0) is 66.7 Å². The Hall–Kier alpha value is -4.21. The average Bonchev–Trinajstić information content (AvgIpc) is 3.30. The molecule has 4 aromatic carbocycles. The minimum absolute atomic E-state index is 0.0668. The SMILES string of the molecule is O=C(Nc1ccc(O)c(-c2nc3ccccc3s2)c1)c1ccc(NS(=O)(=O)c2ccccc2)cc1. The number of carbonyl (C=O) groups excluding carboxylic acids is 1. The summed E-state index contributed by atoms with van der Waals surface area (Å²) in [6, 6.07) is 26.7. The molecule has 1 amide bonds. The number of hydrogen-bond donors (Lipinski definition) is 3. The van der Waals surface area contributed by atoms with Crippen molar-refractivity contribution < 1.29 is 18.3 Å². The largest absolute Gasteiger partial charge is 0.507 e. The molecule has 0 aliphatic heterocycles. The van der Waals surface area contributed by atoms with Crippen LogP contribution in [0.15, 0.2) is 102 Å². The predicted octanol–water partition coefficient (Wildman–Crippen LogP) is 5.72. The maximum Gasteiger partial charge on any atom is 0.261 e. The number of nitrogens with zero attached hydrogens (tertiary/aromatic N) is 1. The van der Waals surface area contributed by atoms with Crippen molar-refractivity contribution in [2.24, 2.45) is 0 Å². The van der Waals surface area contributed by atoms with Crippen molar-refractivity contribution in [3.8, 4) is 16.3 Å². The molecule has 0 bridgehead atoms. The first kappa shape index (κ1) is 22.6. The van der Waals surface area contributed by atoms with E-state index in [0.717, 1.165) is 10.2 Å². The Labute approximate surface area is 205 Å². The molecule has 0 atom stereocenters. The molecule has 0 aliphatic carbocycles. The van der Waals surface area contributed by atoms with Crippen LogP contribution in [0.4, 0.5) is 11.4 Å². The summed E-state index contributed by atoms with van der Waals surface area (Å²) in [5.41, 5.74) is 2.55. The van der Waals surface area contributed by atoms with E-state index >= 15 is 0 Å². The monoisotopic (exact) mass is 501 g/mol. The summed E-state index contributed by atoms with van der Waals surface area (Å²) in [5, 5.41) is 13.8. The number of benzene rings is 4. The second-order valence-electron chi connectivity index (χ2n) is 7.67. The third-order valence-corrected chi connectivity index (χ3v) is 7.70. The van der Waals surface area contributed by atoms with Gasteiger partial charge in [-0.25, -0.2) is 13.4 Å². The topological polar surface area (TPSA) is 108 Å². The van der Waals surface area contributed by atoms with Crippen LogP contribution in [-0.2, 0) is 10.0 Å². The summed E-state index contributed by atoms with van der Waals surface area (Å²) in [6.07, 6.45) is 0. The number of phenolic OH excluding ortho intramolecular Hbond substituents is 1. The van der Waals surface area contributed by atoms with E-state index in [1.807, 2.05) is 24.3 Å². The second kappa shape index (κ2) is 9.21. The van der Waals surface area contributed by atoms with Crippen LogP contribution in [0.25, 0.3) is 20.8 Å². The second-order valence-corrected chi connectivity index (χ2v) is 10.4. The summed E-state index contributed by atoms with van der Waals surface area (Å²) in [5.74, 6) is -0.305. The zero-order valence-corrected chi connectivity index (χ0v) is 19.8. The lowest BCUT2D eigenvalue weighted by atomic mass is 10.1. The first-order valence-corrected chi connectivity index (χ1v) is 12.9. The molecule has 35 heavy (non-hydrogen) atoms. The number of aromatic nitrogens is 1. The van der Waals surface area contributed by atoms with E-state index in [0.29, 0.717) is 27.5 Å². The van der Waals surface area contributed by atoms with Gasteiger partial charge < -0.3 is 10.4 Å². The number of rotatable bonds is 6. The summed E-state index contributed by atoms with van der Waals surface area (Å²) < 4.78 is 28.5. The number of aromatic hydroxyl groups is 1. The number of nitrogens with one attached hydrogen (secondary N) is 2. The molecule has 7 nitrogen and oxygen atoms in total. The number of sulfonamides is 1. The van der Waals surface area contributed by atoms with Crippen LogP contribution in [-0.4, -0.2) is 24.4 Å². The molecule has 174 valence electrons. The minimum atomic E-state index is -3.72. The number of para-hydroxylation sites is 1. The fraction of sp³-hybridized carbons (Fsp3) is 0. The Morgan fingerprint density at radius 1 is 0.829 bits per heavy atom. The molecule has 0 unspecified atom stereocenters. The standard InChI is InChI=1S/C26H19N3O4S2/c30-23-15-14-19(16-21(23)26-28-22-8-4-5-9-24(22)34-26)27-25(31)17-10-12-18(13-11-17)29-35(32,33)20-6-2-1-3-7-20/h1-16,29-30H,(H,27,31). The molecule has 5 aromatic rings. The van der Waals surface area contributed by atoms with E-state index < -0.39 is 10.0 Å². The molecular formula is C26H19N3O4S2. The Morgan fingerprint density at radius 3 is 2.26 bits per heavy atom. The van der Waals surface area contributed by atoms with E-state index in [1.165, 1.54) is 53.8 Å². The van der Waals surface area contributed by atoms with Crippen LogP contribution >= 0.6 is 11.3 Å². The highest BCUT2D eigenvalue weighted by Gasteiger charge is 2.15. The van der Waals surface area contributed by atoms with E-state index in [2.05, 4.69) is 15.0 Å². The Morgan fingerprint density at radius 2 is 1.51 bits per heavy atom. The molecule has 0 saturated heterocycles. The summed E-state index contributed by atoms with van der Waals surface area (Å²) in [4.78, 5) is 17.5. The molecule has 0 saturated carbocycles. The van der Waals surface area contributed by atoms with E-state index in [1.54, 1.807) is 30.3 Å². The lowest BCUT2D eigenvalue weighted by Gasteiger charge is -2.10. The van der Waals surface area contributed by atoms with Crippen LogP contribution in [0.5, 0.6) is 5.75 Å². The van der Waals surface area contributed by atoms with Gasteiger partial charge in [0.15, 0.2) is 0 Å². The van der Waals surface area contributed by atoms with Gasteiger partial charge in [0.25, 0.3) is 15.9 Å². The van der Waals surface area contributed by atoms with E-state index in [4.69, 9.17) is 0 Å². The zero-order chi connectivity index (χ0) is 24.4. The van der Waals surface area contributed by atoms with Gasteiger partial charge in [-0.3, -0.25) is 9.52 Å². The van der Waals surface area contributed by atoms with Crippen molar-refractivity contribution in [1.29, 1.82) is 0 Å². The summed E-state index contributed by atoms with van der Waals surface area (Å²) in [7, 11) is -3.72. The molecule has 9 heteroatoms. The van der Waals surface area contributed by atoms with E-state index in [9.17, 15) is 18.3 Å². The summed E-state index contributed by atoms with van der Waals surface area (Å²) >= 11 is 1.45. The van der Waals surface area contributed by atoms with E-state index in [-0.39, 0.29) is 16.6 Å². The van der Waals surface area contributed by atoms with Gasteiger partial charge in [-0.1, -0.05) is 30.3 Å². The van der Waals surface area contributed by atoms with Crippen LogP contribution < -0.4 is 10.0 Å². The number of fused-ring (bicyclic) bond motifs is 1. The molecule has 5 rings (SSSR count). The summed E-state index contributed by atoms with van der Waals surface area (Å²) in [6.45, 7) is 0. The molecule has 0 spiro atoms.